The summed E-state index contributed by atoms with van der Waals surface area (Å²) in [6, 6.07) is 10.2. The molecule has 0 fully saturated rings. The lowest BCUT2D eigenvalue weighted by Gasteiger charge is -2.28. The molecule has 4 rings (SSSR count). The van der Waals surface area contributed by atoms with Crippen LogP contribution in [0.4, 0.5) is 8.78 Å². The molecule has 3 aromatic rings. The molecule has 0 saturated carbocycles. The molecular formula is C23H23F2NO4S. The lowest BCUT2D eigenvalue weighted by molar-refractivity contribution is -0.137. The van der Waals surface area contributed by atoms with E-state index in [2.05, 4.69) is 0 Å². The smallest absolute Gasteiger partial charge is 0.304 e. The highest BCUT2D eigenvalue weighted by Crippen LogP contribution is 2.45. The van der Waals surface area contributed by atoms with Crippen LogP contribution in [0.2, 0.25) is 0 Å². The summed E-state index contributed by atoms with van der Waals surface area (Å²) in [5.41, 5.74) is 2.20. The average molecular weight is 448 g/mol. The van der Waals surface area contributed by atoms with E-state index in [4.69, 9.17) is 0 Å². The molecule has 31 heavy (non-hydrogen) atoms. The number of hydrogen-bond donors (Lipinski definition) is 1. The second-order valence-electron chi connectivity index (χ2n) is 8.07. The quantitative estimate of drug-likeness (QED) is 0.597. The third kappa shape index (κ3) is 3.84. The monoisotopic (exact) mass is 447 g/mol. The van der Waals surface area contributed by atoms with Gasteiger partial charge in [0.05, 0.1) is 22.9 Å². The third-order valence-electron chi connectivity index (χ3n) is 6.00. The fourth-order valence-corrected chi connectivity index (χ4v) is 5.71. The number of fused-ring (bicyclic) bond motifs is 3. The number of alkyl halides is 1. The first kappa shape index (κ1) is 21.5. The van der Waals surface area contributed by atoms with Gasteiger partial charge in [0.2, 0.25) is 0 Å². The lowest BCUT2D eigenvalue weighted by Crippen LogP contribution is -2.22. The average Bonchev–Trinajstić information content (AvgIpc) is 3.03. The molecule has 2 unspecified atom stereocenters. The number of carbonyl (C=O) groups is 1. The van der Waals surface area contributed by atoms with Gasteiger partial charge in [-0.25, -0.2) is 17.2 Å². The maximum absolute atomic E-state index is 14.5. The number of hydrogen-bond acceptors (Lipinski definition) is 3. The SMILES string of the molecule is CS(=O)(=O)c1cc(F)cc2c3c(n(C(CF)c4ccccc4)c12)C(CC(=O)O)CCC3. The molecule has 8 heteroatoms. The van der Waals surface area contributed by atoms with Crippen molar-refractivity contribution in [2.24, 2.45) is 0 Å². The van der Waals surface area contributed by atoms with Gasteiger partial charge < -0.3 is 9.67 Å². The van der Waals surface area contributed by atoms with Crippen molar-refractivity contribution in [3.63, 3.8) is 0 Å². The topological polar surface area (TPSA) is 76.4 Å². The minimum atomic E-state index is -3.84. The zero-order valence-corrected chi connectivity index (χ0v) is 17.8. The summed E-state index contributed by atoms with van der Waals surface area (Å²) in [5.74, 6) is -2.09. The van der Waals surface area contributed by atoms with Crippen LogP contribution in [0.5, 0.6) is 0 Å². The van der Waals surface area contributed by atoms with E-state index in [1.165, 1.54) is 6.07 Å². The lowest BCUT2D eigenvalue weighted by atomic mass is 9.84. The number of carboxylic acid groups (broad SMARTS) is 1. The van der Waals surface area contributed by atoms with Gasteiger partial charge in [0, 0.05) is 23.3 Å². The van der Waals surface area contributed by atoms with E-state index >= 15 is 0 Å². The predicted molar refractivity (Wildman–Crippen MR) is 113 cm³/mol. The van der Waals surface area contributed by atoms with Gasteiger partial charge in [-0.1, -0.05) is 30.3 Å². The third-order valence-corrected chi connectivity index (χ3v) is 7.11. The van der Waals surface area contributed by atoms with Gasteiger partial charge in [0.15, 0.2) is 9.84 Å². The highest BCUT2D eigenvalue weighted by molar-refractivity contribution is 7.91. The number of halogens is 2. The number of aromatic nitrogens is 1. The highest BCUT2D eigenvalue weighted by Gasteiger charge is 2.34. The van der Waals surface area contributed by atoms with Gasteiger partial charge in [-0.3, -0.25) is 4.79 Å². The molecule has 0 radical (unpaired) electrons. The number of nitrogens with zero attached hydrogens (tertiary/aromatic N) is 1. The normalized spacial score (nSPS) is 17.5. The van der Waals surface area contributed by atoms with E-state index in [1.807, 2.05) is 0 Å². The summed E-state index contributed by atoms with van der Waals surface area (Å²) in [6.07, 6.45) is 2.67. The zero-order chi connectivity index (χ0) is 22.3. The summed E-state index contributed by atoms with van der Waals surface area (Å²) in [5, 5.41) is 9.88. The van der Waals surface area contributed by atoms with Gasteiger partial charge in [-0.15, -0.1) is 0 Å². The summed E-state index contributed by atoms with van der Waals surface area (Å²) in [7, 11) is -3.84. The van der Waals surface area contributed by atoms with Crippen LogP contribution in [0.25, 0.3) is 10.9 Å². The van der Waals surface area contributed by atoms with Crippen LogP contribution in [-0.2, 0) is 21.1 Å². The Morgan fingerprint density at radius 1 is 1.26 bits per heavy atom. The van der Waals surface area contributed by atoms with Crippen molar-refractivity contribution in [2.45, 2.75) is 42.5 Å². The van der Waals surface area contributed by atoms with Crippen molar-refractivity contribution in [3.8, 4) is 0 Å². The first-order valence-electron chi connectivity index (χ1n) is 10.1. The minimum Gasteiger partial charge on any atom is -0.481 e. The summed E-state index contributed by atoms with van der Waals surface area (Å²) in [4.78, 5) is 11.3. The van der Waals surface area contributed by atoms with Gasteiger partial charge in [0.25, 0.3) is 0 Å². The van der Waals surface area contributed by atoms with Crippen molar-refractivity contribution in [1.29, 1.82) is 0 Å². The molecule has 164 valence electrons. The molecule has 1 aliphatic carbocycles. The second-order valence-corrected chi connectivity index (χ2v) is 10.1. The van der Waals surface area contributed by atoms with Crippen LogP contribution in [0.1, 0.15) is 48.0 Å². The largest absolute Gasteiger partial charge is 0.481 e. The van der Waals surface area contributed by atoms with Crippen LogP contribution in [-0.4, -0.2) is 37.0 Å². The number of carboxylic acids is 1. The van der Waals surface area contributed by atoms with E-state index in [9.17, 15) is 27.1 Å². The van der Waals surface area contributed by atoms with Crippen LogP contribution in [0.15, 0.2) is 47.4 Å². The maximum atomic E-state index is 14.5. The summed E-state index contributed by atoms with van der Waals surface area (Å²) >= 11 is 0. The fraction of sp³-hybridized carbons (Fsp3) is 0.348. The molecule has 0 aliphatic heterocycles. The number of rotatable bonds is 6. The fourth-order valence-electron chi connectivity index (χ4n) is 4.82. The molecule has 0 bridgehead atoms. The Hall–Kier alpha value is -2.74. The molecule has 0 saturated heterocycles. The number of aryl methyl sites for hydroxylation is 1. The van der Waals surface area contributed by atoms with E-state index < -0.39 is 40.3 Å². The molecule has 1 N–H and O–H groups in total. The van der Waals surface area contributed by atoms with Gasteiger partial charge >= 0.3 is 5.97 Å². The Morgan fingerprint density at radius 3 is 2.58 bits per heavy atom. The van der Waals surface area contributed by atoms with Crippen molar-refractivity contribution in [3.05, 3.63) is 65.1 Å². The standard InChI is InChI=1S/C23H23F2NO4S/c1-31(29,30)20-12-16(25)11-18-17-9-5-8-15(10-21(27)28)22(17)26(23(18)20)19(13-24)14-6-3-2-4-7-14/h2-4,6-7,11-12,15,19H,5,8-10,13H2,1H3,(H,27,28). The molecule has 1 aromatic heterocycles. The van der Waals surface area contributed by atoms with Gasteiger partial charge in [-0.2, -0.15) is 0 Å². The molecule has 1 heterocycles. The molecule has 0 amide bonds. The van der Waals surface area contributed by atoms with Crippen molar-refractivity contribution in [1.82, 2.24) is 4.57 Å². The van der Waals surface area contributed by atoms with Crippen molar-refractivity contribution in [2.75, 3.05) is 12.9 Å². The van der Waals surface area contributed by atoms with Crippen LogP contribution < -0.4 is 0 Å². The number of aliphatic carboxylic acids is 1. The van der Waals surface area contributed by atoms with Crippen molar-refractivity contribution < 1.29 is 27.1 Å². The Kier molecular flexibility index (Phi) is 5.60. The second kappa shape index (κ2) is 8.07. The van der Waals surface area contributed by atoms with E-state index in [1.54, 1.807) is 34.9 Å². The predicted octanol–water partition coefficient (Wildman–Crippen LogP) is 4.64. The van der Waals surface area contributed by atoms with Crippen molar-refractivity contribution >= 4 is 26.7 Å². The number of sulfone groups is 1. The number of benzene rings is 2. The summed E-state index contributed by atoms with van der Waals surface area (Å²) in [6.45, 7) is -0.819. The van der Waals surface area contributed by atoms with Gasteiger partial charge in [-0.05, 0) is 42.5 Å². The molecule has 5 nitrogen and oxygen atoms in total. The van der Waals surface area contributed by atoms with E-state index in [-0.39, 0.29) is 16.8 Å². The van der Waals surface area contributed by atoms with E-state index in [0.717, 1.165) is 12.3 Å². The first-order valence-corrected chi connectivity index (χ1v) is 12.0. The maximum Gasteiger partial charge on any atom is 0.304 e. The molecular weight excluding hydrogens is 424 g/mol. The van der Waals surface area contributed by atoms with E-state index in [0.29, 0.717) is 41.5 Å². The zero-order valence-electron chi connectivity index (χ0n) is 17.0. The Balaban J connectivity index is 2.15. The summed E-state index contributed by atoms with van der Waals surface area (Å²) < 4.78 is 55.9. The molecule has 0 spiro atoms. The molecule has 1 aliphatic rings. The molecule has 2 atom stereocenters. The minimum absolute atomic E-state index is 0.159. The highest BCUT2D eigenvalue weighted by atomic mass is 32.2. The molecule has 2 aromatic carbocycles. The van der Waals surface area contributed by atoms with Crippen LogP contribution >= 0.6 is 0 Å². The van der Waals surface area contributed by atoms with Crippen LogP contribution in [0.3, 0.4) is 0 Å². The first-order chi connectivity index (χ1) is 14.7. The van der Waals surface area contributed by atoms with Crippen LogP contribution in [0, 0.1) is 5.82 Å². The Labute approximate surface area is 179 Å². The van der Waals surface area contributed by atoms with Gasteiger partial charge in [0.1, 0.15) is 12.5 Å². The Morgan fingerprint density at radius 2 is 1.97 bits per heavy atom. The Bertz CT molecular complexity index is 1250.